The molecular weight excluding hydrogens is 418 g/mol. The molecule has 2 aromatic heterocycles. The van der Waals surface area contributed by atoms with Crippen LogP contribution in [0.2, 0.25) is 0 Å². The van der Waals surface area contributed by atoms with Crippen molar-refractivity contribution in [2.45, 2.75) is 19.4 Å². The van der Waals surface area contributed by atoms with E-state index in [0.717, 1.165) is 23.3 Å². The lowest BCUT2D eigenvalue weighted by atomic mass is 9.91. The summed E-state index contributed by atoms with van der Waals surface area (Å²) in [6.45, 7) is 0.384. The predicted octanol–water partition coefficient (Wildman–Crippen LogP) is 5.09. The molecule has 0 fully saturated rings. The van der Waals surface area contributed by atoms with Crippen LogP contribution >= 0.6 is 11.3 Å². The monoisotopic (exact) mass is 439 g/mol. The highest BCUT2D eigenvalue weighted by Gasteiger charge is 2.21. The van der Waals surface area contributed by atoms with E-state index >= 15 is 0 Å². The summed E-state index contributed by atoms with van der Waals surface area (Å²) < 4.78 is 0. The highest BCUT2D eigenvalue weighted by Crippen LogP contribution is 2.39. The fourth-order valence-corrected chi connectivity index (χ4v) is 5.10. The molecule has 0 unspecified atom stereocenters. The Hall–Kier alpha value is -3.77. The van der Waals surface area contributed by atoms with E-state index in [0.29, 0.717) is 17.8 Å². The van der Waals surface area contributed by atoms with Gasteiger partial charge in [0.15, 0.2) is 0 Å². The van der Waals surface area contributed by atoms with Gasteiger partial charge in [0, 0.05) is 29.5 Å². The van der Waals surface area contributed by atoms with E-state index in [4.69, 9.17) is 0 Å². The third-order valence-corrected chi connectivity index (χ3v) is 6.73. The van der Waals surface area contributed by atoms with Crippen molar-refractivity contribution in [1.82, 2.24) is 10.3 Å². The topological polar surface area (TPSA) is 71.1 Å². The lowest BCUT2D eigenvalue weighted by molar-refractivity contribution is 0.0954. The molecule has 0 saturated carbocycles. The second-order valence-corrected chi connectivity index (χ2v) is 8.75. The number of aryl methyl sites for hydroxylation is 2. The number of nitrogens with one attached hydrogen (secondary N) is 2. The molecule has 32 heavy (non-hydrogen) atoms. The van der Waals surface area contributed by atoms with E-state index in [1.807, 2.05) is 36.4 Å². The zero-order chi connectivity index (χ0) is 21.9. The van der Waals surface area contributed by atoms with Crippen molar-refractivity contribution < 1.29 is 9.59 Å². The number of fused-ring (bicyclic) bond motifs is 3. The van der Waals surface area contributed by atoms with Gasteiger partial charge in [-0.05, 0) is 65.4 Å². The van der Waals surface area contributed by atoms with Gasteiger partial charge in [0.1, 0.15) is 0 Å². The molecule has 4 aromatic rings. The van der Waals surface area contributed by atoms with Crippen LogP contribution in [0.4, 0.5) is 5.69 Å². The van der Waals surface area contributed by atoms with Gasteiger partial charge >= 0.3 is 0 Å². The number of benzene rings is 2. The Bertz CT molecular complexity index is 1300. The summed E-state index contributed by atoms with van der Waals surface area (Å²) in [6.07, 6.45) is 5.13. The minimum absolute atomic E-state index is 0.0771. The number of carbonyl (C=O) groups is 2. The molecule has 0 bridgehead atoms. The molecule has 5 nitrogen and oxygen atoms in total. The average Bonchev–Trinajstić information content (AvgIpc) is 3.28. The molecular formula is C26H21N3O2S. The van der Waals surface area contributed by atoms with Crippen LogP contribution in [0.25, 0.3) is 10.4 Å². The fraction of sp³-hybridized carbons (Fsp3) is 0.115. The fourth-order valence-electron chi connectivity index (χ4n) is 3.91. The Morgan fingerprint density at radius 3 is 2.66 bits per heavy atom. The van der Waals surface area contributed by atoms with Crippen LogP contribution in [-0.4, -0.2) is 16.8 Å². The van der Waals surface area contributed by atoms with Crippen molar-refractivity contribution in [2.24, 2.45) is 0 Å². The standard InChI is InChI=1S/C26H21N3O2S/c30-25(20-7-4-12-27-16-20)29-21-8-3-5-17(13-21)15-28-26(31)23-14-19-11-10-18-6-1-2-9-22(18)24(19)32-23/h1-9,12-14,16H,10-11,15H2,(H,28,31)(H,29,30). The third-order valence-electron chi connectivity index (χ3n) is 5.52. The van der Waals surface area contributed by atoms with Gasteiger partial charge in [-0.1, -0.05) is 36.4 Å². The molecule has 0 spiro atoms. The number of amides is 2. The van der Waals surface area contributed by atoms with Crippen LogP contribution < -0.4 is 10.6 Å². The normalized spacial score (nSPS) is 11.9. The van der Waals surface area contributed by atoms with E-state index in [1.54, 1.807) is 29.7 Å². The van der Waals surface area contributed by atoms with Crippen LogP contribution in [0.15, 0.2) is 79.1 Å². The number of rotatable bonds is 5. The number of hydrogen-bond donors (Lipinski definition) is 2. The van der Waals surface area contributed by atoms with Gasteiger partial charge in [0.25, 0.3) is 11.8 Å². The number of hydrogen-bond acceptors (Lipinski definition) is 4. The van der Waals surface area contributed by atoms with Crippen LogP contribution in [-0.2, 0) is 19.4 Å². The number of pyridine rings is 1. The molecule has 2 aromatic carbocycles. The smallest absolute Gasteiger partial charge is 0.261 e. The second-order valence-electron chi connectivity index (χ2n) is 7.70. The van der Waals surface area contributed by atoms with Gasteiger partial charge < -0.3 is 10.6 Å². The van der Waals surface area contributed by atoms with Crippen molar-refractivity contribution in [2.75, 3.05) is 5.32 Å². The van der Waals surface area contributed by atoms with E-state index in [1.165, 1.54) is 27.8 Å². The van der Waals surface area contributed by atoms with Gasteiger partial charge in [-0.25, -0.2) is 0 Å². The molecule has 6 heteroatoms. The maximum Gasteiger partial charge on any atom is 0.261 e. The summed E-state index contributed by atoms with van der Waals surface area (Å²) in [7, 11) is 0. The lowest BCUT2D eigenvalue weighted by Crippen LogP contribution is -2.22. The molecule has 2 N–H and O–H groups in total. The molecule has 158 valence electrons. The SMILES string of the molecule is O=C(Nc1cccc(CNC(=O)c2cc3c(s2)-c2ccccc2CC3)c1)c1cccnc1. The Kier molecular flexibility index (Phi) is 5.52. The molecule has 1 aliphatic rings. The Morgan fingerprint density at radius 1 is 0.906 bits per heavy atom. The average molecular weight is 440 g/mol. The van der Waals surface area contributed by atoms with Crippen LogP contribution in [0.1, 0.15) is 36.7 Å². The summed E-state index contributed by atoms with van der Waals surface area (Å²) in [6, 6.07) is 21.4. The van der Waals surface area contributed by atoms with Crippen molar-refractivity contribution in [1.29, 1.82) is 0 Å². The second kappa shape index (κ2) is 8.77. The summed E-state index contributed by atoms with van der Waals surface area (Å²) >= 11 is 1.56. The number of aromatic nitrogens is 1. The number of carbonyl (C=O) groups excluding carboxylic acids is 2. The molecule has 1 aliphatic carbocycles. The third kappa shape index (κ3) is 4.18. The number of anilines is 1. The molecule has 0 aliphatic heterocycles. The largest absolute Gasteiger partial charge is 0.347 e. The first-order chi connectivity index (χ1) is 15.7. The Morgan fingerprint density at radius 2 is 1.78 bits per heavy atom. The molecule has 2 heterocycles. The Labute approximate surface area is 190 Å². The minimum Gasteiger partial charge on any atom is -0.347 e. The molecule has 5 rings (SSSR count). The molecule has 0 saturated heterocycles. The summed E-state index contributed by atoms with van der Waals surface area (Å²) in [5, 5.41) is 5.88. The van der Waals surface area contributed by atoms with Crippen molar-refractivity contribution >= 4 is 28.8 Å². The number of thiophene rings is 1. The van der Waals surface area contributed by atoms with Crippen LogP contribution in [0, 0.1) is 0 Å². The minimum atomic E-state index is -0.219. The van der Waals surface area contributed by atoms with Crippen molar-refractivity contribution in [3.8, 4) is 10.4 Å². The van der Waals surface area contributed by atoms with Gasteiger partial charge in [-0.15, -0.1) is 11.3 Å². The number of nitrogens with zero attached hydrogens (tertiary/aromatic N) is 1. The zero-order valence-electron chi connectivity index (χ0n) is 17.3. The Balaban J connectivity index is 1.25. The highest BCUT2D eigenvalue weighted by molar-refractivity contribution is 7.17. The van der Waals surface area contributed by atoms with E-state index in [-0.39, 0.29) is 11.8 Å². The lowest BCUT2D eigenvalue weighted by Gasteiger charge is -2.15. The predicted molar refractivity (Wildman–Crippen MR) is 127 cm³/mol. The maximum atomic E-state index is 12.8. The van der Waals surface area contributed by atoms with Crippen LogP contribution in [0.3, 0.4) is 0 Å². The van der Waals surface area contributed by atoms with Crippen LogP contribution in [0.5, 0.6) is 0 Å². The first-order valence-corrected chi connectivity index (χ1v) is 11.3. The van der Waals surface area contributed by atoms with E-state index < -0.39 is 0 Å². The zero-order valence-corrected chi connectivity index (χ0v) is 18.1. The summed E-state index contributed by atoms with van der Waals surface area (Å²) in [5.74, 6) is -0.296. The molecule has 2 amide bonds. The van der Waals surface area contributed by atoms with Gasteiger partial charge in [-0.2, -0.15) is 0 Å². The van der Waals surface area contributed by atoms with Gasteiger partial charge in [0.05, 0.1) is 10.4 Å². The maximum absolute atomic E-state index is 12.8. The van der Waals surface area contributed by atoms with Gasteiger partial charge in [0.2, 0.25) is 0 Å². The van der Waals surface area contributed by atoms with E-state index in [9.17, 15) is 9.59 Å². The summed E-state index contributed by atoms with van der Waals surface area (Å²) in [5.41, 5.74) is 5.92. The quantitative estimate of drug-likeness (QED) is 0.455. The molecule has 0 radical (unpaired) electrons. The summed E-state index contributed by atoms with van der Waals surface area (Å²) in [4.78, 5) is 31.1. The first kappa shape index (κ1) is 20.2. The molecule has 0 atom stereocenters. The van der Waals surface area contributed by atoms with Crippen molar-refractivity contribution in [3.63, 3.8) is 0 Å². The highest BCUT2D eigenvalue weighted by atomic mass is 32.1. The van der Waals surface area contributed by atoms with Crippen molar-refractivity contribution in [3.05, 3.63) is 106 Å². The van der Waals surface area contributed by atoms with Gasteiger partial charge in [-0.3, -0.25) is 14.6 Å². The van der Waals surface area contributed by atoms with E-state index in [2.05, 4.69) is 33.8 Å². The first-order valence-electron chi connectivity index (χ1n) is 10.5.